The van der Waals surface area contributed by atoms with Crippen LogP contribution in [0.5, 0.6) is 0 Å². The lowest BCUT2D eigenvalue weighted by molar-refractivity contribution is -0.133. The summed E-state index contributed by atoms with van der Waals surface area (Å²) in [4.78, 5) is 17.5. The molecule has 1 fully saturated rings. The average Bonchev–Trinajstić information content (AvgIpc) is 2.92. The highest BCUT2D eigenvalue weighted by Crippen LogP contribution is 2.20. The van der Waals surface area contributed by atoms with Crippen molar-refractivity contribution in [3.05, 3.63) is 107 Å². The summed E-state index contributed by atoms with van der Waals surface area (Å²) in [6.45, 7) is 3.57. The van der Waals surface area contributed by atoms with E-state index in [1.807, 2.05) is 48.5 Å². The number of hydrogen-bond acceptors (Lipinski definition) is 4. The van der Waals surface area contributed by atoms with Crippen molar-refractivity contribution in [2.75, 3.05) is 45.8 Å². The molecule has 0 N–H and O–H groups in total. The lowest BCUT2D eigenvalue weighted by Crippen LogP contribution is -2.51. The number of amides is 1. The molecule has 0 saturated carbocycles. The van der Waals surface area contributed by atoms with Crippen LogP contribution in [0.3, 0.4) is 0 Å². The van der Waals surface area contributed by atoms with Crippen molar-refractivity contribution in [3.63, 3.8) is 0 Å². The standard InChI is InChI=1S/C29H32BrN3O3S/c30-27-13-15-28(16-14-27)37(35,36)33(19-17-26-10-5-2-6-11-26)24-29(34)32-22-20-31(21-23-32)18-7-12-25-8-3-1-4-9-25/h1-16H,17-24H2/b12-7+. The molecule has 0 bridgehead atoms. The van der Waals surface area contributed by atoms with Crippen LogP contribution in [0.2, 0.25) is 0 Å². The molecular formula is C29H32BrN3O3S. The smallest absolute Gasteiger partial charge is 0.243 e. The second kappa shape index (κ2) is 13.1. The van der Waals surface area contributed by atoms with Crippen LogP contribution >= 0.6 is 15.9 Å². The van der Waals surface area contributed by atoms with Crippen molar-refractivity contribution in [2.45, 2.75) is 11.3 Å². The molecule has 6 nitrogen and oxygen atoms in total. The molecule has 3 aromatic rings. The quantitative estimate of drug-likeness (QED) is 0.352. The van der Waals surface area contributed by atoms with Gasteiger partial charge in [0.05, 0.1) is 11.4 Å². The maximum absolute atomic E-state index is 13.5. The van der Waals surface area contributed by atoms with Crippen molar-refractivity contribution in [2.24, 2.45) is 0 Å². The third-order valence-corrected chi connectivity index (χ3v) is 8.84. The Kier molecular flexibility index (Phi) is 9.68. The van der Waals surface area contributed by atoms with Crippen LogP contribution in [-0.2, 0) is 21.2 Å². The molecule has 1 amide bonds. The minimum Gasteiger partial charge on any atom is -0.339 e. The van der Waals surface area contributed by atoms with E-state index in [4.69, 9.17) is 0 Å². The number of carbonyl (C=O) groups excluding carboxylic acids is 1. The topological polar surface area (TPSA) is 60.9 Å². The van der Waals surface area contributed by atoms with Crippen LogP contribution in [0.1, 0.15) is 11.1 Å². The second-order valence-electron chi connectivity index (χ2n) is 9.02. The number of halogens is 1. The number of sulfonamides is 1. The van der Waals surface area contributed by atoms with Crippen molar-refractivity contribution in [1.29, 1.82) is 0 Å². The fourth-order valence-electron chi connectivity index (χ4n) is 4.27. The Morgan fingerprint density at radius 2 is 1.49 bits per heavy atom. The normalized spacial score (nSPS) is 14.9. The predicted octanol–water partition coefficient (Wildman–Crippen LogP) is 4.54. The van der Waals surface area contributed by atoms with E-state index in [0.717, 1.165) is 29.7 Å². The molecular weight excluding hydrogens is 550 g/mol. The number of rotatable bonds is 10. The van der Waals surface area contributed by atoms with Gasteiger partial charge >= 0.3 is 0 Å². The van der Waals surface area contributed by atoms with Gasteiger partial charge in [-0.05, 0) is 41.8 Å². The molecule has 0 aliphatic carbocycles. The molecule has 3 aromatic carbocycles. The molecule has 1 heterocycles. The lowest BCUT2D eigenvalue weighted by atomic mass is 10.1. The van der Waals surface area contributed by atoms with Crippen LogP contribution in [0.15, 0.2) is 100 Å². The molecule has 0 aromatic heterocycles. The Labute approximate surface area is 228 Å². The minimum absolute atomic E-state index is 0.159. The Hall–Kier alpha value is -2.78. The van der Waals surface area contributed by atoms with Crippen molar-refractivity contribution in [1.82, 2.24) is 14.1 Å². The van der Waals surface area contributed by atoms with Gasteiger partial charge in [-0.1, -0.05) is 88.7 Å². The van der Waals surface area contributed by atoms with Crippen molar-refractivity contribution in [3.8, 4) is 0 Å². The van der Waals surface area contributed by atoms with Crippen LogP contribution in [0, 0.1) is 0 Å². The summed E-state index contributed by atoms with van der Waals surface area (Å²) in [7, 11) is -3.83. The molecule has 37 heavy (non-hydrogen) atoms. The van der Waals surface area contributed by atoms with Gasteiger partial charge in [-0.25, -0.2) is 8.42 Å². The lowest BCUT2D eigenvalue weighted by Gasteiger charge is -2.35. The highest BCUT2D eigenvalue weighted by molar-refractivity contribution is 9.10. The minimum atomic E-state index is -3.83. The summed E-state index contributed by atoms with van der Waals surface area (Å²) in [6.07, 6.45) is 4.78. The molecule has 4 rings (SSSR count). The van der Waals surface area contributed by atoms with E-state index >= 15 is 0 Å². The van der Waals surface area contributed by atoms with Gasteiger partial charge in [0.2, 0.25) is 15.9 Å². The Balaban J connectivity index is 1.37. The fraction of sp³-hybridized carbons (Fsp3) is 0.276. The maximum atomic E-state index is 13.5. The first-order chi connectivity index (χ1) is 17.9. The maximum Gasteiger partial charge on any atom is 0.243 e. The zero-order chi connectivity index (χ0) is 26.1. The number of hydrogen-bond donors (Lipinski definition) is 0. The first kappa shape index (κ1) is 27.3. The molecule has 0 spiro atoms. The second-order valence-corrected chi connectivity index (χ2v) is 11.9. The van der Waals surface area contributed by atoms with E-state index in [2.05, 4.69) is 45.1 Å². The summed E-state index contributed by atoms with van der Waals surface area (Å²) in [5, 5.41) is 0. The zero-order valence-electron chi connectivity index (χ0n) is 20.7. The van der Waals surface area contributed by atoms with E-state index in [1.165, 1.54) is 9.87 Å². The summed E-state index contributed by atoms with van der Waals surface area (Å²) < 4.78 is 29.1. The number of piperazine rings is 1. The van der Waals surface area contributed by atoms with E-state index in [1.54, 1.807) is 29.2 Å². The van der Waals surface area contributed by atoms with E-state index in [0.29, 0.717) is 19.5 Å². The van der Waals surface area contributed by atoms with Gasteiger partial charge < -0.3 is 4.90 Å². The van der Waals surface area contributed by atoms with Gasteiger partial charge in [0.25, 0.3) is 0 Å². The first-order valence-electron chi connectivity index (χ1n) is 12.4. The molecule has 8 heteroatoms. The fourth-order valence-corrected chi connectivity index (χ4v) is 5.93. The third-order valence-electron chi connectivity index (χ3n) is 6.45. The summed E-state index contributed by atoms with van der Waals surface area (Å²) >= 11 is 3.36. The summed E-state index contributed by atoms with van der Waals surface area (Å²) in [5.74, 6) is -0.159. The average molecular weight is 583 g/mol. The molecule has 0 atom stereocenters. The summed E-state index contributed by atoms with van der Waals surface area (Å²) in [5.41, 5.74) is 2.20. The van der Waals surface area contributed by atoms with Gasteiger partial charge in [0, 0.05) is 43.7 Å². The molecule has 0 radical (unpaired) electrons. The monoisotopic (exact) mass is 581 g/mol. The van der Waals surface area contributed by atoms with E-state index in [-0.39, 0.29) is 23.9 Å². The van der Waals surface area contributed by atoms with E-state index in [9.17, 15) is 13.2 Å². The van der Waals surface area contributed by atoms with Crippen LogP contribution in [-0.4, -0.2) is 74.2 Å². The first-order valence-corrected chi connectivity index (χ1v) is 14.7. The van der Waals surface area contributed by atoms with Crippen LogP contribution < -0.4 is 0 Å². The van der Waals surface area contributed by atoms with Crippen LogP contribution in [0.25, 0.3) is 6.08 Å². The Morgan fingerprint density at radius 1 is 0.865 bits per heavy atom. The molecule has 194 valence electrons. The molecule has 0 unspecified atom stereocenters. The number of nitrogens with zero attached hydrogens (tertiary/aromatic N) is 3. The molecule has 1 aliphatic heterocycles. The van der Waals surface area contributed by atoms with Crippen molar-refractivity contribution < 1.29 is 13.2 Å². The van der Waals surface area contributed by atoms with Crippen LogP contribution in [0.4, 0.5) is 0 Å². The van der Waals surface area contributed by atoms with Crippen molar-refractivity contribution >= 4 is 37.9 Å². The van der Waals surface area contributed by atoms with E-state index < -0.39 is 10.0 Å². The number of carbonyl (C=O) groups is 1. The van der Waals surface area contributed by atoms with Gasteiger partial charge in [0.1, 0.15) is 0 Å². The Bertz CT molecular complexity index is 1270. The number of benzene rings is 3. The SMILES string of the molecule is O=C(CN(CCc1ccccc1)S(=O)(=O)c1ccc(Br)cc1)N1CCN(C/C=C/c2ccccc2)CC1. The van der Waals surface area contributed by atoms with Gasteiger partial charge in [-0.2, -0.15) is 4.31 Å². The predicted molar refractivity (Wildman–Crippen MR) is 152 cm³/mol. The van der Waals surface area contributed by atoms with Gasteiger partial charge in [-0.3, -0.25) is 9.69 Å². The summed E-state index contributed by atoms with van der Waals surface area (Å²) in [6, 6.07) is 26.5. The largest absolute Gasteiger partial charge is 0.339 e. The third kappa shape index (κ3) is 7.85. The zero-order valence-corrected chi connectivity index (χ0v) is 23.1. The molecule has 1 saturated heterocycles. The molecule has 1 aliphatic rings. The highest BCUT2D eigenvalue weighted by atomic mass is 79.9. The van der Waals surface area contributed by atoms with Gasteiger partial charge in [-0.15, -0.1) is 0 Å². The highest BCUT2D eigenvalue weighted by Gasteiger charge is 2.29. The Morgan fingerprint density at radius 3 is 2.14 bits per heavy atom. The van der Waals surface area contributed by atoms with Gasteiger partial charge in [0.15, 0.2) is 0 Å².